The first-order valence-corrected chi connectivity index (χ1v) is 7.51. The molecule has 0 heterocycles. The van der Waals surface area contributed by atoms with Crippen molar-refractivity contribution in [3.8, 4) is 0 Å². The molecule has 0 aromatic heterocycles. The fraction of sp³-hybridized carbons (Fsp3) is 0.722. The summed E-state index contributed by atoms with van der Waals surface area (Å²) in [5.41, 5.74) is 1.85. The van der Waals surface area contributed by atoms with E-state index in [9.17, 15) is 0 Å². The first kappa shape index (κ1) is 18.9. The molecule has 0 fully saturated rings. The van der Waals surface area contributed by atoms with Crippen molar-refractivity contribution < 1.29 is 0 Å². The number of nitrogens with zero attached hydrogens (tertiary/aromatic N) is 1. The summed E-state index contributed by atoms with van der Waals surface area (Å²) in [6.07, 6.45) is 6.32. The Kier molecular flexibility index (Phi) is 7.26. The third kappa shape index (κ3) is 10.8. The third-order valence-electron chi connectivity index (χ3n) is 2.81. The summed E-state index contributed by atoms with van der Waals surface area (Å²) < 4.78 is 0. The van der Waals surface area contributed by atoms with Crippen molar-refractivity contribution in [2.75, 3.05) is 0 Å². The third-order valence-corrected chi connectivity index (χ3v) is 2.81. The van der Waals surface area contributed by atoms with E-state index >= 15 is 0 Å². The minimum Gasteiger partial charge on any atom is -0.367 e. The summed E-state index contributed by atoms with van der Waals surface area (Å²) in [5, 5.41) is 3.56. The van der Waals surface area contributed by atoms with Gasteiger partial charge in [-0.2, -0.15) is 0 Å². The number of aliphatic imine (C=N–C) groups is 1. The van der Waals surface area contributed by atoms with Crippen LogP contribution < -0.4 is 5.32 Å². The summed E-state index contributed by atoms with van der Waals surface area (Å²) in [6, 6.07) is 0.414. The van der Waals surface area contributed by atoms with Crippen LogP contribution in [0.4, 0.5) is 0 Å². The van der Waals surface area contributed by atoms with Crippen LogP contribution in [0.3, 0.4) is 0 Å². The molecule has 0 aliphatic heterocycles. The summed E-state index contributed by atoms with van der Waals surface area (Å²) in [4.78, 5) is 4.12. The Morgan fingerprint density at radius 3 is 1.75 bits per heavy atom. The normalized spacial score (nSPS) is 13.3. The quantitative estimate of drug-likeness (QED) is 0.515. The Morgan fingerprint density at radius 2 is 1.45 bits per heavy atom. The topological polar surface area (TPSA) is 24.4 Å². The van der Waals surface area contributed by atoms with Crippen LogP contribution in [0.15, 0.2) is 28.5 Å². The lowest BCUT2D eigenvalue weighted by atomic mass is 9.80. The van der Waals surface area contributed by atoms with Crippen molar-refractivity contribution in [2.24, 2.45) is 15.8 Å². The first-order chi connectivity index (χ1) is 8.93. The molecule has 1 N–H and O–H groups in total. The molecular formula is C18H34N2. The van der Waals surface area contributed by atoms with Gasteiger partial charge in [-0.1, -0.05) is 53.2 Å². The van der Waals surface area contributed by atoms with Crippen LogP contribution in [-0.2, 0) is 0 Å². The fourth-order valence-electron chi connectivity index (χ4n) is 2.25. The van der Waals surface area contributed by atoms with Crippen LogP contribution >= 0.6 is 0 Å². The van der Waals surface area contributed by atoms with Crippen molar-refractivity contribution in [3.63, 3.8) is 0 Å². The Labute approximate surface area is 126 Å². The average molecular weight is 278 g/mol. The van der Waals surface area contributed by atoms with E-state index < -0.39 is 0 Å². The van der Waals surface area contributed by atoms with Crippen LogP contribution in [0.25, 0.3) is 0 Å². The zero-order valence-electron chi connectivity index (χ0n) is 14.8. The van der Waals surface area contributed by atoms with E-state index in [1.165, 1.54) is 5.57 Å². The minimum absolute atomic E-state index is 0.297. The average Bonchev–Trinajstić information content (AvgIpc) is 2.18. The molecule has 0 aromatic rings. The predicted octanol–water partition coefficient (Wildman–Crippen LogP) is 5.33. The number of allylic oxidation sites excluding steroid dienone is 3. The van der Waals surface area contributed by atoms with E-state index in [1.54, 1.807) is 0 Å². The summed E-state index contributed by atoms with van der Waals surface area (Å²) in [7, 11) is 0. The number of hydrogen-bond acceptors (Lipinski definition) is 2. The Balaban J connectivity index is 4.99. The molecule has 0 amide bonds. The van der Waals surface area contributed by atoms with Gasteiger partial charge in [0.2, 0.25) is 0 Å². The van der Waals surface area contributed by atoms with E-state index in [1.807, 2.05) is 6.08 Å². The lowest BCUT2D eigenvalue weighted by Gasteiger charge is -2.32. The molecule has 116 valence electrons. The fourth-order valence-corrected chi connectivity index (χ4v) is 2.25. The molecule has 0 spiro atoms. The van der Waals surface area contributed by atoms with Gasteiger partial charge in [0.05, 0.1) is 0 Å². The molecule has 0 unspecified atom stereocenters. The molecule has 2 heteroatoms. The largest absolute Gasteiger partial charge is 0.367 e. The monoisotopic (exact) mass is 278 g/mol. The van der Waals surface area contributed by atoms with Crippen LogP contribution in [0.2, 0.25) is 0 Å². The van der Waals surface area contributed by atoms with Crippen molar-refractivity contribution in [1.82, 2.24) is 5.32 Å². The lowest BCUT2D eigenvalue weighted by Crippen LogP contribution is -2.35. The van der Waals surface area contributed by atoms with Crippen LogP contribution in [0, 0.1) is 10.8 Å². The molecule has 0 aliphatic rings. The van der Waals surface area contributed by atoms with Crippen molar-refractivity contribution >= 4 is 6.72 Å². The van der Waals surface area contributed by atoms with Gasteiger partial charge in [0, 0.05) is 6.04 Å². The van der Waals surface area contributed by atoms with Gasteiger partial charge in [0.25, 0.3) is 0 Å². The Bertz CT molecular complexity index is 342. The molecule has 0 rings (SSSR count). The molecule has 20 heavy (non-hydrogen) atoms. The highest BCUT2D eigenvalue weighted by Crippen LogP contribution is 2.29. The maximum atomic E-state index is 4.12. The number of rotatable bonds is 6. The van der Waals surface area contributed by atoms with E-state index in [2.05, 4.69) is 78.5 Å². The Hall–Kier alpha value is -1.05. The van der Waals surface area contributed by atoms with Crippen molar-refractivity contribution in [3.05, 3.63) is 23.5 Å². The van der Waals surface area contributed by atoms with Gasteiger partial charge in [0.1, 0.15) is 5.82 Å². The van der Waals surface area contributed by atoms with Gasteiger partial charge in [-0.05, 0) is 50.3 Å². The molecule has 0 radical (unpaired) electrons. The van der Waals surface area contributed by atoms with Crippen molar-refractivity contribution in [1.29, 1.82) is 0 Å². The highest BCUT2D eigenvalue weighted by atomic mass is 15.0. The zero-order chi connectivity index (χ0) is 16.0. The summed E-state index contributed by atoms with van der Waals surface area (Å²) >= 11 is 0. The molecule has 0 bridgehead atoms. The van der Waals surface area contributed by atoms with Gasteiger partial charge >= 0.3 is 0 Å². The second-order valence-corrected chi connectivity index (χ2v) is 8.32. The van der Waals surface area contributed by atoms with Gasteiger partial charge in [-0.3, -0.25) is 0 Å². The number of nitrogens with one attached hydrogen (secondary N) is 1. The molecule has 0 aliphatic carbocycles. The standard InChI is InChI=1S/C18H34N2/c1-14(2)10-11-16(19-9)20-15(12-17(3,4)5)13-18(6,7)8/h10-11,15,20H,9,12-13H2,1-8H3/b16-11+. The van der Waals surface area contributed by atoms with Crippen molar-refractivity contribution in [2.45, 2.75) is 74.3 Å². The predicted molar refractivity (Wildman–Crippen MR) is 92.1 cm³/mol. The highest BCUT2D eigenvalue weighted by molar-refractivity contribution is 5.30. The first-order valence-electron chi connectivity index (χ1n) is 7.51. The molecule has 0 saturated heterocycles. The molecule has 0 atom stereocenters. The molecule has 0 aromatic carbocycles. The maximum absolute atomic E-state index is 4.12. The highest BCUT2D eigenvalue weighted by Gasteiger charge is 2.24. The second kappa shape index (κ2) is 7.66. The smallest absolute Gasteiger partial charge is 0.125 e. The van der Waals surface area contributed by atoms with Crippen LogP contribution in [0.1, 0.15) is 68.2 Å². The van der Waals surface area contributed by atoms with Gasteiger partial charge in [0.15, 0.2) is 0 Å². The van der Waals surface area contributed by atoms with Gasteiger partial charge in [-0.15, -0.1) is 0 Å². The SMILES string of the molecule is C=N/C(=C\C=C(C)C)NC(CC(C)(C)C)CC(C)(C)C. The van der Waals surface area contributed by atoms with Gasteiger partial charge in [-0.25, -0.2) is 4.99 Å². The molecular weight excluding hydrogens is 244 g/mol. The summed E-state index contributed by atoms with van der Waals surface area (Å²) in [5.74, 6) is 0.865. The van der Waals surface area contributed by atoms with E-state index in [4.69, 9.17) is 0 Å². The van der Waals surface area contributed by atoms with Crippen LogP contribution in [0.5, 0.6) is 0 Å². The zero-order valence-corrected chi connectivity index (χ0v) is 14.8. The van der Waals surface area contributed by atoms with Crippen LogP contribution in [-0.4, -0.2) is 12.8 Å². The van der Waals surface area contributed by atoms with E-state index in [0.29, 0.717) is 16.9 Å². The Morgan fingerprint density at radius 1 is 1.00 bits per heavy atom. The maximum Gasteiger partial charge on any atom is 0.125 e. The van der Waals surface area contributed by atoms with E-state index in [0.717, 1.165) is 18.7 Å². The minimum atomic E-state index is 0.297. The molecule has 0 saturated carbocycles. The lowest BCUT2D eigenvalue weighted by molar-refractivity contribution is 0.249. The second-order valence-electron chi connectivity index (χ2n) is 8.32. The van der Waals surface area contributed by atoms with E-state index in [-0.39, 0.29) is 0 Å². The molecule has 2 nitrogen and oxygen atoms in total. The summed E-state index contributed by atoms with van der Waals surface area (Å²) in [6.45, 7) is 21.5. The van der Waals surface area contributed by atoms with Gasteiger partial charge < -0.3 is 5.32 Å². The number of hydrogen-bond donors (Lipinski definition) is 1.